The summed E-state index contributed by atoms with van der Waals surface area (Å²) in [5.41, 5.74) is 2.56. The highest BCUT2D eigenvalue weighted by molar-refractivity contribution is 6.05. The fourth-order valence-corrected chi connectivity index (χ4v) is 3.51. The van der Waals surface area contributed by atoms with Crippen molar-refractivity contribution in [3.63, 3.8) is 0 Å². The van der Waals surface area contributed by atoms with Crippen LogP contribution in [0.5, 0.6) is 0 Å². The van der Waals surface area contributed by atoms with Crippen molar-refractivity contribution in [1.82, 2.24) is 4.90 Å². The summed E-state index contributed by atoms with van der Waals surface area (Å²) in [4.78, 5) is 14.4. The van der Waals surface area contributed by atoms with Crippen molar-refractivity contribution in [2.24, 2.45) is 0 Å². The van der Waals surface area contributed by atoms with Crippen LogP contribution in [0.15, 0.2) is 84.6 Å². The highest BCUT2D eigenvalue weighted by Crippen LogP contribution is 2.43. The molecule has 0 aromatic heterocycles. The van der Waals surface area contributed by atoms with E-state index in [0.29, 0.717) is 11.1 Å². The molecule has 1 aliphatic rings. The molecule has 1 heterocycles. The first-order valence-corrected chi connectivity index (χ1v) is 8.84. The number of hydrogen-bond acceptors (Lipinski definition) is 2. The fourth-order valence-electron chi connectivity index (χ4n) is 3.51. The van der Waals surface area contributed by atoms with E-state index in [1.807, 2.05) is 30.3 Å². The second kappa shape index (κ2) is 7.27. The number of nitrogens with zero attached hydrogens (tertiary/aromatic N) is 1. The number of aliphatic hydroxyl groups is 1. The van der Waals surface area contributed by atoms with Crippen molar-refractivity contribution in [1.29, 1.82) is 0 Å². The number of halogens is 2. The largest absolute Gasteiger partial charge is 0.503 e. The van der Waals surface area contributed by atoms with Gasteiger partial charge in [0.25, 0.3) is 5.91 Å². The summed E-state index contributed by atoms with van der Waals surface area (Å²) in [6, 6.07) is 20.4. The molecular weight excluding hydrogens is 360 g/mol. The van der Waals surface area contributed by atoms with Crippen molar-refractivity contribution in [3.05, 3.63) is 113 Å². The number of aliphatic hydroxyl groups excluding tert-OH is 1. The van der Waals surface area contributed by atoms with E-state index < -0.39 is 17.8 Å². The molecule has 0 aliphatic carbocycles. The molecule has 1 N–H and O–H groups in total. The predicted molar refractivity (Wildman–Crippen MR) is 102 cm³/mol. The number of benzene rings is 3. The molecule has 1 aliphatic heterocycles. The Bertz CT molecular complexity index is 1030. The second-order valence-electron chi connectivity index (χ2n) is 6.64. The third-order valence-electron chi connectivity index (χ3n) is 4.84. The molecule has 3 aromatic carbocycles. The van der Waals surface area contributed by atoms with Crippen LogP contribution in [0.4, 0.5) is 8.78 Å². The molecule has 0 saturated heterocycles. The SMILES string of the molecule is O=C1C(O)=C(c2ccc(F)cc2)C(c2ccccc2)N1Cc1ccc(F)cc1. The maximum atomic E-state index is 13.4. The molecule has 4 rings (SSSR count). The third-order valence-corrected chi connectivity index (χ3v) is 4.84. The van der Waals surface area contributed by atoms with Gasteiger partial charge in [-0.15, -0.1) is 0 Å². The molecule has 5 heteroatoms. The number of amides is 1. The Morgan fingerprint density at radius 2 is 1.39 bits per heavy atom. The highest BCUT2D eigenvalue weighted by Gasteiger charge is 2.40. The van der Waals surface area contributed by atoms with Crippen LogP contribution in [0.2, 0.25) is 0 Å². The zero-order valence-electron chi connectivity index (χ0n) is 14.8. The van der Waals surface area contributed by atoms with Crippen LogP contribution in [0.1, 0.15) is 22.7 Å². The Morgan fingerprint density at radius 3 is 2.00 bits per heavy atom. The average molecular weight is 377 g/mol. The van der Waals surface area contributed by atoms with Gasteiger partial charge >= 0.3 is 0 Å². The van der Waals surface area contributed by atoms with E-state index >= 15 is 0 Å². The van der Waals surface area contributed by atoms with Gasteiger partial charge in [-0.2, -0.15) is 0 Å². The first-order valence-electron chi connectivity index (χ1n) is 8.84. The molecule has 0 spiro atoms. The standard InChI is InChI=1S/C23H17F2NO2/c24-18-10-6-15(7-11-18)14-26-21(17-4-2-1-3-5-17)20(22(27)23(26)28)16-8-12-19(25)13-9-16/h1-13,21,27H,14H2. The fraction of sp³-hybridized carbons (Fsp3) is 0.0870. The van der Waals surface area contributed by atoms with Crippen molar-refractivity contribution in [3.8, 4) is 0 Å². The lowest BCUT2D eigenvalue weighted by molar-refractivity contribution is -0.130. The Balaban J connectivity index is 1.79. The van der Waals surface area contributed by atoms with Crippen molar-refractivity contribution < 1.29 is 18.7 Å². The minimum atomic E-state index is -0.538. The van der Waals surface area contributed by atoms with Crippen LogP contribution in [0, 0.1) is 11.6 Å². The summed E-state index contributed by atoms with van der Waals surface area (Å²) >= 11 is 0. The zero-order valence-corrected chi connectivity index (χ0v) is 14.8. The third kappa shape index (κ3) is 3.27. The maximum Gasteiger partial charge on any atom is 0.290 e. The number of carbonyl (C=O) groups excluding carboxylic acids is 1. The maximum absolute atomic E-state index is 13.4. The second-order valence-corrected chi connectivity index (χ2v) is 6.64. The van der Waals surface area contributed by atoms with Crippen molar-refractivity contribution in [2.45, 2.75) is 12.6 Å². The molecule has 0 saturated carbocycles. The minimum Gasteiger partial charge on any atom is -0.503 e. The van der Waals surface area contributed by atoms with E-state index in [9.17, 15) is 18.7 Å². The summed E-state index contributed by atoms with van der Waals surface area (Å²) in [7, 11) is 0. The summed E-state index contributed by atoms with van der Waals surface area (Å²) in [5, 5.41) is 10.6. The van der Waals surface area contributed by atoms with Gasteiger partial charge in [-0.3, -0.25) is 4.79 Å². The van der Waals surface area contributed by atoms with Crippen LogP contribution in [-0.2, 0) is 11.3 Å². The van der Waals surface area contributed by atoms with E-state index in [1.165, 1.54) is 29.2 Å². The zero-order chi connectivity index (χ0) is 19.7. The highest BCUT2D eigenvalue weighted by atomic mass is 19.1. The van der Waals surface area contributed by atoms with Crippen LogP contribution in [0.3, 0.4) is 0 Å². The van der Waals surface area contributed by atoms with Gasteiger partial charge in [0.15, 0.2) is 5.76 Å². The van der Waals surface area contributed by atoms with E-state index in [2.05, 4.69) is 0 Å². The molecule has 1 unspecified atom stereocenters. The molecule has 1 atom stereocenters. The van der Waals surface area contributed by atoms with Gasteiger partial charge in [-0.05, 0) is 41.0 Å². The molecule has 0 fully saturated rings. The van der Waals surface area contributed by atoms with Crippen LogP contribution < -0.4 is 0 Å². The monoisotopic (exact) mass is 377 g/mol. The molecule has 0 radical (unpaired) electrons. The smallest absolute Gasteiger partial charge is 0.290 e. The van der Waals surface area contributed by atoms with Crippen LogP contribution in [0.25, 0.3) is 5.57 Å². The summed E-state index contributed by atoms with van der Waals surface area (Å²) in [6.07, 6.45) is 0. The predicted octanol–water partition coefficient (Wildman–Crippen LogP) is 5.02. The molecule has 1 amide bonds. The summed E-state index contributed by atoms with van der Waals surface area (Å²) in [5.74, 6) is -1.63. The van der Waals surface area contributed by atoms with E-state index in [0.717, 1.165) is 11.1 Å². The van der Waals surface area contributed by atoms with Crippen molar-refractivity contribution in [2.75, 3.05) is 0 Å². The van der Waals surface area contributed by atoms with Gasteiger partial charge in [0, 0.05) is 12.1 Å². The topological polar surface area (TPSA) is 40.5 Å². The van der Waals surface area contributed by atoms with Gasteiger partial charge in [0.1, 0.15) is 11.6 Å². The van der Waals surface area contributed by atoms with Gasteiger partial charge in [-0.25, -0.2) is 8.78 Å². The first-order chi connectivity index (χ1) is 13.5. The number of hydrogen-bond donors (Lipinski definition) is 1. The molecule has 3 nitrogen and oxygen atoms in total. The summed E-state index contributed by atoms with van der Waals surface area (Å²) < 4.78 is 26.6. The molecular formula is C23H17F2NO2. The lowest BCUT2D eigenvalue weighted by Gasteiger charge is -2.27. The van der Waals surface area contributed by atoms with E-state index in [4.69, 9.17) is 0 Å². The van der Waals surface area contributed by atoms with Gasteiger partial charge in [-0.1, -0.05) is 54.6 Å². The van der Waals surface area contributed by atoms with Gasteiger partial charge in [0.05, 0.1) is 6.04 Å². The molecule has 0 bridgehead atoms. The minimum absolute atomic E-state index is 0.202. The molecule has 140 valence electrons. The Kier molecular flexibility index (Phi) is 4.65. The summed E-state index contributed by atoms with van der Waals surface area (Å²) in [6.45, 7) is 0.202. The number of rotatable bonds is 4. The Labute approximate surface area is 161 Å². The Hall–Kier alpha value is -3.47. The average Bonchev–Trinajstić information content (AvgIpc) is 2.96. The van der Waals surface area contributed by atoms with E-state index in [-0.39, 0.29) is 18.1 Å². The van der Waals surface area contributed by atoms with E-state index in [1.54, 1.807) is 24.3 Å². The lowest BCUT2D eigenvalue weighted by Crippen LogP contribution is -2.29. The Morgan fingerprint density at radius 1 is 0.821 bits per heavy atom. The molecule has 3 aromatic rings. The van der Waals surface area contributed by atoms with Crippen molar-refractivity contribution >= 4 is 11.5 Å². The van der Waals surface area contributed by atoms with Gasteiger partial charge < -0.3 is 10.0 Å². The normalized spacial score (nSPS) is 16.7. The number of carbonyl (C=O) groups is 1. The van der Waals surface area contributed by atoms with Crippen LogP contribution in [-0.4, -0.2) is 15.9 Å². The van der Waals surface area contributed by atoms with Crippen LogP contribution >= 0.6 is 0 Å². The quantitative estimate of drug-likeness (QED) is 0.694. The first kappa shape index (κ1) is 17.9. The van der Waals surface area contributed by atoms with Gasteiger partial charge in [0.2, 0.25) is 0 Å². The lowest BCUT2D eigenvalue weighted by atomic mass is 9.93. The molecule has 28 heavy (non-hydrogen) atoms.